The predicted octanol–water partition coefficient (Wildman–Crippen LogP) is 9.54. The van der Waals surface area contributed by atoms with Crippen molar-refractivity contribution >= 4 is 0 Å². The lowest BCUT2D eigenvalue weighted by molar-refractivity contribution is 0.447. The second-order valence-electron chi connectivity index (χ2n) is 9.41. The fourth-order valence-corrected chi connectivity index (χ4v) is 4.39. The van der Waals surface area contributed by atoms with E-state index in [1.165, 1.54) is 30.3 Å². The molecule has 0 unspecified atom stereocenters. The number of halogens is 6. The average Bonchev–Trinajstić information content (AvgIpc) is 2.92. The number of rotatable bonds is 3. The van der Waals surface area contributed by atoms with Gasteiger partial charge in [0.25, 0.3) is 0 Å². The van der Waals surface area contributed by atoms with Gasteiger partial charge in [-0.15, -0.1) is 0 Å². The molecule has 40 heavy (non-hydrogen) atoms. The molecule has 5 rings (SSSR count). The van der Waals surface area contributed by atoms with Gasteiger partial charge < -0.3 is 0 Å². The fraction of sp³-hybridized carbons (Fsp3) is 0.0588. The summed E-state index contributed by atoms with van der Waals surface area (Å²) in [5.74, 6) is -0.383. The molecule has 0 radical (unpaired) electrons. The van der Waals surface area contributed by atoms with Gasteiger partial charge in [0.15, 0.2) is 17.5 Å². The van der Waals surface area contributed by atoms with E-state index in [1.54, 1.807) is 37.3 Å². The summed E-state index contributed by atoms with van der Waals surface area (Å²) >= 11 is 0. The average molecular weight is 543 g/mol. The standard InChI is InChI=1S/C34H20F6/c1-19-3-11-26(29(35)13-19)22-7-4-21(5-8-22)6-9-23-15-31(37)28(14-20(23)2)24-10-12-27(30(36)16-24)25-17-32(38)34(40)33(39)18-25/h3-5,7-8,10-18H,1-2H3. The molecule has 0 aliphatic rings. The molecular weight excluding hydrogens is 522 g/mol. The van der Waals surface area contributed by atoms with Gasteiger partial charge >= 0.3 is 0 Å². The molecular formula is C34H20F6. The molecule has 5 aromatic rings. The van der Waals surface area contributed by atoms with Gasteiger partial charge in [-0.2, -0.15) is 0 Å². The van der Waals surface area contributed by atoms with Crippen molar-refractivity contribution in [1.29, 1.82) is 0 Å². The van der Waals surface area contributed by atoms with E-state index < -0.39 is 29.1 Å². The Hall–Kier alpha value is -4.76. The summed E-state index contributed by atoms with van der Waals surface area (Å²) in [4.78, 5) is 0. The molecule has 5 aromatic carbocycles. The van der Waals surface area contributed by atoms with E-state index in [2.05, 4.69) is 11.8 Å². The normalized spacial score (nSPS) is 10.8. The van der Waals surface area contributed by atoms with Crippen LogP contribution in [0.2, 0.25) is 0 Å². The molecule has 0 bridgehead atoms. The van der Waals surface area contributed by atoms with Gasteiger partial charge in [0.05, 0.1) is 0 Å². The van der Waals surface area contributed by atoms with Gasteiger partial charge in [0.2, 0.25) is 0 Å². The maximum absolute atomic E-state index is 15.1. The van der Waals surface area contributed by atoms with Crippen LogP contribution in [-0.2, 0) is 0 Å². The first-order chi connectivity index (χ1) is 19.1. The molecule has 6 heteroatoms. The van der Waals surface area contributed by atoms with Crippen LogP contribution in [-0.4, -0.2) is 0 Å². The number of hydrogen-bond acceptors (Lipinski definition) is 0. The lowest BCUT2D eigenvalue weighted by atomic mass is 9.96. The molecule has 0 nitrogen and oxygen atoms in total. The van der Waals surface area contributed by atoms with E-state index in [-0.39, 0.29) is 28.1 Å². The topological polar surface area (TPSA) is 0 Å². The zero-order chi connectivity index (χ0) is 28.6. The van der Waals surface area contributed by atoms with Crippen molar-refractivity contribution in [1.82, 2.24) is 0 Å². The Morgan fingerprint density at radius 3 is 1.65 bits per heavy atom. The zero-order valence-corrected chi connectivity index (χ0v) is 21.4. The molecule has 0 aliphatic carbocycles. The van der Waals surface area contributed by atoms with E-state index >= 15 is 4.39 Å². The lowest BCUT2D eigenvalue weighted by Crippen LogP contribution is -1.95. The van der Waals surface area contributed by atoms with Crippen molar-refractivity contribution < 1.29 is 26.3 Å². The highest BCUT2D eigenvalue weighted by atomic mass is 19.2. The summed E-state index contributed by atoms with van der Waals surface area (Å²) in [5, 5.41) is 0. The molecule has 0 fully saturated rings. The third-order valence-corrected chi connectivity index (χ3v) is 6.55. The largest absolute Gasteiger partial charge is 0.206 e. The lowest BCUT2D eigenvalue weighted by Gasteiger charge is -2.10. The third-order valence-electron chi connectivity index (χ3n) is 6.55. The maximum atomic E-state index is 15.1. The van der Waals surface area contributed by atoms with Crippen molar-refractivity contribution in [3.63, 3.8) is 0 Å². The highest BCUT2D eigenvalue weighted by molar-refractivity contribution is 5.73. The van der Waals surface area contributed by atoms with Crippen LogP contribution in [0.3, 0.4) is 0 Å². The van der Waals surface area contributed by atoms with Gasteiger partial charge in [-0.3, -0.25) is 0 Å². The van der Waals surface area contributed by atoms with E-state index in [1.807, 2.05) is 13.0 Å². The Balaban J connectivity index is 1.40. The van der Waals surface area contributed by atoms with Crippen LogP contribution >= 0.6 is 0 Å². The van der Waals surface area contributed by atoms with Crippen molar-refractivity contribution in [3.05, 3.63) is 142 Å². The Morgan fingerprint density at radius 1 is 0.450 bits per heavy atom. The maximum Gasteiger partial charge on any atom is 0.194 e. The van der Waals surface area contributed by atoms with E-state index in [0.29, 0.717) is 39.9 Å². The minimum Gasteiger partial charge on any atom is -0.206 e. The smallest absolute Gasteiger partial charge is 0.194 e. The summed E-state index contributed by atoms with van der Waals surface area (Å²) in [6, 6.07) is 20.0. The molecule has 0 aromatic heterocycles. The van der Waals surface area contributed by atoms with Crippen LogP contribution in [0.4, 0.5) is 26.3 Å². The van der Waals surface area contributed by atoms with Gasteiger partial charge in [-0.1, -0.05) is 48.2 Å². The molecule has 0 N–H and O–H groups in total. The van der Waals surface area contributed by atoms with Crippen LogP contribution in [0.5, 0.6) is 0 Å². The minimum atomic E-state index is -1.64. The summed E-state index contributed by atoms with van der Waals surface area (Å²) in [5.41, 5.74) is 3.76. The Labute approximate surface area is 227 Å². The fourth-order valence-electron chi connectivity index (χ4n) is 4.39. The minimum absolute atomic E-state index is 0.120. The summed E-state index contributed by atoms with van der Waals surface area (Å²) in [7, 11) is 0. The predicted molar refractivity (Wildman–Crippen MR) is 144 cm³/mol. The zero-order valence-electron chi connectivity index (χ0n) is 21.4. The molecule has 0 heterocycles. The van der Waals surface area contributed by atoms with Crippen molar-refractivity contribution in [3.8, 4) is 45.2 Å². The van der Waals surface area contributed by atoms with Gasteiger partial charge in [-0.25, -0.2) is 26.3 Å². The van der Waals surface area contributed by atoms with E-state index in [9.17, 15) is 22.0 Å². The summed E-state index contributed by atoms with van der Waals surface area (Å²) in [6.07, 6.45) is 0. The summed E-state index contributed by atoms with van der Waals surface area (Å²) < 4.78 is 84.7. The molecule has 0 saturated carbocycles. The van der Waals surface area contributed by atoms with Crippen LogP contribution in [0.25, 0.3) is 33.4 Å². The van der Waals surface area contributed by atoms with E-state index in [4.69, 9.17) is 0 Å². The Morgan fingerprint density at radius 2 is 1.00 bits per heavy atom. The van der Waals surface area contributed by atoms with Crippen LogP contribution in [0, 0.1) is 60.6 Å². The molecule has 0 atom stereocenters. The summed E-state index contributed by atoms with van der Waals surface area (Å²) in [6.45, 7) is 3.56. The van der Waals surface area contributed by atoms with Crippen molar-refractivity contribution in [2.24, 2.45) is 0 Å². The quantitative estimate of drug-likeness (QED) is 0.121. The van der Waals surface area contributed by atoms with Crippen LogP contribution < -0.4 is 0 Å². The van der Waals surface area contributed by atoms with Crippen molar-refractivity contribution in [2.75, 3.05) is 0 Å². The van der Waals surface area contributed by atoms with Crippen LogP contribution in [0.1, 0.15) is 22.3 Å². The first-order valence-electron chi connectivity index (χ1n) is 12.2. The van der Waals surface area contributed by atoms with E-state index in [0.717, 1.165) is 11.6 Å². The Bertz CT molecular complexity index is 1800. The van der Waals surface area contributed by atoms with Gasteiger partial charge in [0, 0.05) is 27.8 Å². The highest BCUT2D eigenvalue weighted by Crippen LogP contribution is 2.32. The molecule has 0 spiro atoms. The van der Waals surface area contributed by atoms with Crippen LogP contribution in [0.15, 0.2) is 84.9 Å². The molecule has 0 aliphatic heterocycles. The molecule has 198 valence electrons. The second-order valence-corrected chi connectivity index (χ2v) is 9.41. The number of benzene rings is 5. The Kier molecular flexibility index (Phi) is 7.23. The number of aryl methyl sites for hydroxylation is 2. The van der Waals surface area contributed by atoms with Gasteiger partial charge in [0.1, 0.15) is 17.5 Å². The monoisotopic (exact) mass is 542 g/mol. The van der Waals surface area contributed by atoms with Gasteiger partial charge in [-0.05, 0) is 90.2 Å². The molecule has 0 amide bonds. The first kappa shape index (κ1) is 26.8. The third kappa shape index (κ3) is 5.37. The first-order valence-corrected chi connectivity index (χ1v) is 12.2. The number of hydrogen-bond donors (Lipinski definition) is 0. The second kappa shape index (κ2) is 10.8. The highest BCUT2D eigenvalue weighted by Gasteiger charge is 2.16. The SMILES string of the molecule is Cc1ccc(-c2ccc(C#Cc3cc(F)c(-c4ccc(-c5cc(F)c(F)c(F)c5)c(F)c4)cc3C)cc2)c(F)c1. The molecule has 0 saturated heterocycles. The van der Waals surface area contributed by atoms with Crippen molar-refractivity contribution in [2.45, 2.75) is 13.8 Å².